The Morgan fingerprint density at radius 1 is 1.41 bits per heavy atom. The van der Waals surface area contributed by atoms with E-state index in [1.165, 1.54) is 6.07 Å². The van der Waals surface area contributed by atoms with E-state index in [9.17, 15) is 13.9 Å². The van der Waals surface area contributed by atoms with Gasteiger partial charge < -0.3 is 9.84 Å². The molecule has 1 N–H and O–H groups in total. The highest BCUT2D eigenvalue weighted by atomic mass is 19.3. The van der Waals surface area contributed by atoms with Crippen molar-refractivity contribution in [2.75, 3.05) is 6.61 Å². The number of phenols is 1. The van der Waals surface area contributed by atoms with Crippen molar-refractivity contribution in [1.29, 1.82) is 0 Å². The molecule has 1 aliphatic heterocycles. The number of hydrogen-bond donors (Lipinski definition) is 1. The van der Waals surface area contributed by atoms with E-state index in [4.69, 9.17) is 4.74 Å². The van der Waals surface area contributed by atoms with Crippen molar-refractivity contribution in [3.63, 3.8) is 0 Å². The number of ether oxygens (including phenoxy) is 1. The minimum atomic E-state index is -2.89. The Balaban J connectivity index is 2.64. The largest absolute Gasteiger partial charge is 0.504 e. The second kappa shape index (κ2) is 3.86. The van der Waals surface area contributed by atoms with E-state index in [0.29, 0.717) is 5.56 Å². The molecule has 0 saturated carbocycles. The number of aryl methyl sites for hydroxylation is 1. The average Bonchev–Trinajstić information content (AvgIpc) is 2.21. The number of hydrogen-bond acceptors (Lipinski definition) is 2. The molecule has 94 valence electrons. The van der Waals surface area contributed by atoms with Crippen LogP contribution in [0.1, 0.15) is 30.9 Å². The summed E-state index contributed by atoms with van der Waals surface area (Å²) in [5.41, 5.74) is 1.17. The van der Waals surface area contributed by atoms with Gasteiger partial charge in [-0.1, -0.05) is 19.9 Å². The van der Waals surface area contributed by atoms with E-state index in [0.717, 1.165) is 5.56 Å². The first-order chi connectivity index (χ1) is 7.84. The maximum atomic E-state index is 13.9. The third-order valence-corrected chi connectivity index (χ3v) is 3.23. The number of halogens is 2. The lowest BCUT2D eigenvalue weighted by molar-refractivity contribution is -0.0889. The predicted molar refractivity (Wildman–Crippen MR) is 60.9 cm³/mol. The van der Waals surface area contributed by atoms with E-state index in [-0.39, 0.29) is 17.4 Å². The normalized spacial score (nSPS) is 22.1. The van der Waals surface area contributed by atoms with Gasteiger partial charge in [-0.05, 0) is 24.5 Å². The van der Waals surface area contributed by atoms with E-state index in [1.807, 2.05) is 0 Å². The summed E-state index contributed by atoms with van der Waals surface area (Å²) in [6.45, 7) is 4.62. The highest BCUT2D eigenvalue weighted by molar-refractivity contribution is 5.53. The monoisotopic (exact) mass is 242 g/mol. The molecule has 0 aromatic heterocycles. The molecule has 4 heteroatoms. The number of alkyl halides is 2. The first-order valence-corrected chi connectivity index (χ1v) is 5.67. The van der Waals surface area contributed by atoms with Gasteiger partial charge in [0.1, 0.15) is 0 Å². The highest BCUT2D eigenvalue weighted by Gasteiger charge is 2.48. The predicted octanol–water partition coefficient (Wildman–Crippen LogP) is 3.47. The molecule has 1 aromatic carbocycles. The molecular formula is C13H16F2O2. The Labute approximate surface area is 99.2 Å². The summed E-state index contributed by atoms with van der Waals surface area (Å²) in [7, 11) is 0. The van der Waals surface area contributed by atoms with E-state index >= 15 is 0 Å². The van der Waals surface area contributed by atoms with Crippen LogP contribution in [-0.4, -0.2) is 17.6 Å². The van der Waals surface area contributed by atoms with Gasteiger partial charge in [0.25, 0.3) is 5.92 Å². The number of benzene rings is 1. The number of aromatic hydroxyl groups is 1. The van der Waals surface area contributed by atoms with Crippen LogP contribution in [0.15, 0.2) is 12.1 Å². The van der Waals surface area contributed by atoms with Crippen LogP contribution < -0.4 is 4.74 Å². The first kappa shape index (κ1) is 12.1. The fourth-order valence-electron chi connectivity index (χ4n) is 2.52. The molecule has 0 bridgehead atoms. The second-order valence-electron chi connectivity index (χ2n) is 4.92. The highest BCUT2D eigenvalue weighted by Crippen LogP contribution is 2.50. The van der Waals surface area contributed by atoms with Crippen molar-refractivity contribution in [2.45, 2.75) is 32.6 Å². The molecule has 0 radical (unpaired) electrons. The average molecular weight is 242 g/mol. The summed E-state index contributed by atoms with van der Waals surface area (Å²) >= 11 is 0. The van der Waals surface area contributed by atoms with Gasteiger partial charge in [-0.15, -0.1) is 0 Å². The summed E-state index contributed by atoms with van der Waals surface area (Å²) in [5.74, 6) is -3.85. The van der Waals surface area contributed by atoms with Gasteiger partial charge in [0, 0.05) is 5.56 Å². The topological polar surface area (TPSA) is 29.5 Å². The van der Waals surface area contributed by atoms with Gasteiger partial charge in [-0.3, -0.25) is 0 Å². The molecule has 1 aliphatic rings. The van der Waals surface area contributed by atoms with Crippen molar-refractivity contribution in [2.24, 2.45) is 5.92 Å². The van der Waals surface area contributed by atoms with Gasteiger partial charge in [-0.2, -0.15) is 0 Å². The lowest BCUT2D eigenvalue weighted by atomic mass is 9.79. The zero-order valence-electron chi connectivity index (χ0n) is 10.1. The Morgan fingerprint density at radius 2 is 2.06 bits per heavy atom. The van der Waals surface area contributed by atoms with Gasteiger partial charge in [-0.25, -0.2) is 8.78 Å². The third kappa shape index (κ3) is 1.85. The second-order valence-corrected chi connectivity index (χ2v) is 4.92. The molecule has 2 nitrogen and oxygen atoms in total. The lowest BCUT2D eigenvalue weighted by Crippen LogP contribution is -2.40. The van der Waals surface area contributed by atoms with Crippen LogP contribution in [0, 0.1) is 12.8 Å². The summed E-state index contributed by atoms with van der Waals surface area (Å²) in [4.78, 5) is 0. The molecule has 0 aliphatic carbocycles. The minimum Gasteiger partial charge on any atom is -0.504 e. The molecule has 0 saturated heterocycles. The Kier molecular flexibility index (Phi) is 2.76. The van der Waals surface area contributed by atoms with Gasteiger partial charge in [0.15, 0.2) is 18.1 Å². The Bertz CT molecular complexity index is 441. The standard InChI is InChI=1S/C13H16F2O2/c1-7(2)11-10-8(3)4-5-9(16)12(10)17-6-13(11,14)15/h4-5,7,11,16H,6H2,1-3H3. The van der Waals surface area contributed by atoms with E-state index < -0.39 is 18.4 Å². The third-order valence-electron chi connectivity index (χ3n) is 3.23. The van der Waals surface area contributed by atoms with E-state index in [1.54, 1.807) is 26.8 Å². The first-order valence-electron chi connectivity index (χ1n) is 5.67. The van der Waals surface area contributed by atoms with Crippen LogP contribution in [0.3, 0.4) is 0 Å². The Morgan fingerprint density at radius 3 is 2.65 bits per heavy atom. The minimum absolute atomic E-state index is 0.0632. The van der Waals surface area contributed by atoms with Crippen molar-refractivity contribution in [3.8, 4) is 11.5 Å². The fraction of sp³-hybridized carbons (Fsp3) is 0.538. The molecule has 0 amide bonds. The van der Waals surface area contributed by atoms with Gasteiger partial charge in [0.2, 0.25) is 0 Å². The van der Waals surface area contributed by atoms with Crippen LogP contribution in [0.2, 0.25) is 0 Å². The molecule has 0 spiro atoms. The smallest absolute Gasteiger partial charge is 0.288 e. The van der Waals surface area contributed by atoms with Crippen LogP contribution in [0.4, 0.5) is 8.78 Å². The quantitative estimate of drug-likeness (QED) is 0.817. The van der Waals surface area contributed by atoms with Crippen LogP contribution in [-0.2, 0) is 0 Å². The summed E-state index contributed by atoms with van der Waals surface area (Å²) in [6, 6.07) is 3.13. The molecule has 2 rings (SSSR count). The van der Waals surface area contributed by atoms with E-state index in [2.05, 4.69) is 0 Å². The molecular weight excluding hydrogens is 226 g/mol. The molecule has 1 aromatic rings. The molecule has 17 heavy (non-hydrogen) atoms. The molecule has 1 atom stereocenters. The zero-order chi connectivity index (χ0) is 12.8. The number of phenolic OH excluding ortho intramolecular Hbond substituents is 1. The molecule has 0 fully saturated rings. The maximum Gasteiger partial charge on any atom is 0.288 e. The Hall–Kier alpha value is -1.32. The number of rotatable bonds is 1. The lowest BCUT2D eigenvalue weighted by Gasteiger charge is -2.36. The summed E-state index contributed by atoms with van der Waals surface area (Å²) < 4.78 is 32.8. The summed E-state index contributed by atoms with van der Waals surface area (Å²) in [6.07, 6.45) is 0. The number of fused-ring (bicyclic) bond motifs is 1. The van der Waals surface area contributed by atoms with Crippen LogP contribution >= 0.6 is 0 Å². The van der Waals surface area contributed by atoms with Crippen molar-refractivity contribution in [1.82, 2.24) is 0 Å². The molecule has 1 unspecified atom stereocenters. The SMILES string of the molecule is Cc1ccc(O)c2c1C(C(C)C)C(F)(F)CO2. The van der Waals surface area contributed by atoms with Crippen LogP contribution in [0.5, 0.6) is 11.5 Å². The van der Waals surface area contributed by atoms with Gasteiger partial charge >= 0.3 is 0 Å². The molecule has 1 heterocycles. The maximum absolute atomic E-state index is 13.9. The van der Waals surface area contributed by atoms with Crippen LogP contribution in [0.25, 0.3) is 0 Å². The van der Waals surface area contributed by atoms with Gasteiger partial charge in [0.05, 0.1) is 5.92 Å². The zero-order valence-corrected chi connectivity index (χ0v) is 10.1. The van der Waals surface area contributed by atoms with Crippen molar-refractivity contribution >= 4 is 0 Å². The van der Waals surface area contributed by atoms with Crippen molar-refractivity contribution in [3.05, 3.63) is 23.3 Å². The van der Waals surface area contributed by atoms with Crippen molar-refractivity contribution < 1.29 is 18.6 Å². The fourth-order valence-corrected chi connectivity index (χ4v) is 2.52. The summed E-state index contributed by atoms with van der Waals surface area (Å²) in [5, 5.41) is 9.68.